The summed E-state index contributed by atoms with van der Waals surface area (Å²) < 4.78 is 14.9. The van der Waals surface area contributed by atoms with Crippen LogP contribution in [0.2, 0.25) is 0 Å². The number of halogens is 1. The smallest absolute Gasteiger partial charge is 0.348 e. The molecule has 1 N–H and O–H groups in total. The number of carbonyl (C=O) groups is 1. The maximum atomic E-state index is 13.6. The number of pyridine rings is 1. The van der Waals surface area contributed by atoms with Crippen molar-refractivity contribution in [1.82, 2.24) is 4.57 Å². The molecule has 2 aromatic rings. The van der Waals surface area contributed by atoms with E-state index in [1.54, 1.807) is 12.1 Å². The first-order valence-electron chi connectivity index (χ1n) is 4.74. The summed E-state index contributed by atoms with van der Waals surface area (Å²) in [5.74, 6) is -2.06. The van der Waals surface area contributed by atoms with Crippen molar-refractivity contribution in [3.05, 3.63) is 56.4 Å². The van der Waals surface area contributed by atoms with Gasteiger partial charge in [0.2, 0.25) is 0 Å². The van der Waals surface area contributed by atoms with Crippen LogP contribution in [0.5, 0.6) is 0 Å². The molecule has 0 aliphatic carbocycles. The molecule has 0 saturated heterocycles. The highest BCUT2D eigenvalue weighted by Crippen LogP contribution is 2.21. The Morgan fingerprint density at radius 3 is 2.82 bits per heavy atom. The summed E-state index contributed by atoms with van der Waals surface area (Å²) >= 11 is 0.819. The quantitative estimate of drug-likeness (QED) is 0.907. The number of rotatable bonds is 3. The lowest BCUT2D eigenvalue weighted by Crippen LogP contribution is -2.18. The summed E-state index contributed by atoms with van der Waals surface area (Å²) in [5.41, 5.74) is -0.0457. The molecule has 0 spiro atoms. The molecule has 2 rings (SSSR count). The van der Waals surface area contributed by atoms with Crippen molar-refractivity contribution < 1.29 is 14.3 Å². The summed E-state index contributed by atoms with van der Waals surface area (Å²) in [7, 11) is 0. The number of aromatic carboxylic acids is 1. The van der Waals surface area contributed by atoms with Crippen molar-refractivity contribution in [2.75, 3.05) is 0 Å². The number of hydrogen-bond acceptors (Lipinski definition) is 3. The molecule has 0 aliphatic heterocycles. The Bertz CT molecular complexity index is 617. The number of hydrogen-bond donors (Lipinski definition) is 1. The van der Waals surface area contributed by atoms with E-state index in [0.29, 0.717) is 0 Å². The molecule has 4 nitrogen and oxygen atoms in total. The van der Waals surface area contributed by atoms with Gasteiger partial charge in [-0.25, -0.2) is 9.18 Å². The lowest BCUT2D eigenvalue weighted by atomic mass is 10.3. The second-order valence-corrected chi connectivity index (χ2v) is 4.26. The van der Waals surface area contributed by atoms with E-state index in [4.69, 9.17) is 5.11 Å². The lowest BCUT2D eigenvalue weighted by molar-refractivity contribution is 0.0697. The molecule has 0 unspecified atom stereocenters. The molecule has 2 aromatic heterocycles. The zero-order valence-electron chi connectivity index (χ0n) is 8.59. The van der Waals surface area contributed by atoms with Crippen molar-refractivity contribution in [2.24, 2.45) is 0 Å². The standard InChI is InChI=1S/C11H8FNO3S/c12-9-7(6-17-10(9)11(15)16)5-13-4-2-1-3-8(13)14/h1-4,6H,5H2,(H,15,16). The molecule has 2 heterocycles. The topological polar surface area (TPSA) is 59.3 Å². The molecule has 0 saturated carbocycles. The zero-order valence-corrected chi connectivity index (χ0v) is 9.41. The Balaban J connectivity index is 2.35. The highest BCUT2D eigenvalue weighted by Gasteiger charge is 2.17. The molecule has 0 aromatic carbocycles. The van der Waals surface area contributed by atoms with Gasteiger partial charge in [0.15, 0.2) is 5.82 Å². The molecule has 0 fully saturated rings. The van der Waals surface area contributed by atoms with E-state index in [9.17, 15) is 14.0 Å². The summed E-state index contributed by atoms with van der Waals surface area (Å²) in [6, 6.07) is 4.61. The molecule has 0 atom stereocenters. The molecule has 0 amide bonds. The lowest BCUT2D eigenvalue weighted by Gasteiger charge is -2.02. The van der Waals surface area contributed by atoms with Crippen molar-refractivity contribution >= 4 is 17.3 Å². The van der Waals surface area contributed by atoms with E-state index in [2.05, 4.69) is 0 Å². The third-order valence-corrected chi connectivity index (χ3v) is 3.23. The van der Waals surface area contributed by atoms with E-state index < -0.39 is 11.8 Å². The second-order valence-electron chi connectivity index (χ2n) is 3.38. The van der Waals surface area contributed by atoms with E-state index in [-0.39, 0.29) is 22.5 Å². The SMILES string of the molecule is O=C(O)c1scc(Cn2ccccc2=O)c1F. The first-order chi connectivity index (χ1) is 8.09. The number of aromatic nitrogens is 1. The fourth-order valence-corrected chi connectivity index (χ4v) is 2.18. The van der Waals surface area contributed by atoms with Gasteiger partial charge in [-0.3, -0.25) is 4.79 Å². The summed E-state index contributed by atoms with van der Waals surface area (Å²) in [5, 5.41) is 10.1. The monoisotopic (exact) mass is 253 g/mol. The van der Waals surface area contributed by atoms with Gasteiger partial charge in [-0.05, 0) is 11.4 Å². The molecular weight excluding hydrogens is 245 g/mol. The molecule has 0 aliphatic rings. The van der Waals surface area contributed by atoms with Gasteiger partial charge in [0.25, 0.3) is 5.56 Å². The minimum Gasteiger partial charge on any atom is -0.477 e. The summed E-state index contributed by atoms with van der Waals surface area (Å²) in [6.45, 7) is 0.0370. The molecular formula is C11H8FNO3S. The summed E-state index contributed by atoms with van der Waals surface area (Å²) in [4.78, 5) is 21.7. The predicted molar refractivity (Wildman–Crippen MR) is 61.0 cm³/mol. The highest BCUT2D eigenvalue weighted by molar-refractivity contribution is 7.12. The van der Waals surface area contributed by atoms with Crippen molar-refractivity contribution in [1.29, 1.82) is 0 Å². The third-order valence-electron chi connectivity index (χ3n) is 2.23. The van der Waals surface area contributed by atoms with Gasteiger partial charge in [-0.1, -0.05) is 6.07 Å². The predicted octanol–water partition coefficient (Wildman–Crippen LogP) is 1.80. The Labute approximate surface area is 99.6 Å². The first kappa shape index (κ1) is 11.5. The number of carboxylic acid groups (broad SMARTS) is 1. The van der Waals surface area contributed by atoms with Crippen molar-refractivity contribution in [2.45, 2.75) is 6.54 Å². The molecule has 0 radical (unpaired) electrons. The minimum atomic E-state index is -1.29. The van der Waals surface area contributed by atoms with Gasteiger partial charge in [-0.2, -0.15) is 0 Å². The van der Waals surface area contributed by atoms with Gasteiger partial charge >= 0.3 is 5.97 Å². The molecule has 17 heavy (non-hydrogen) atoms. The van der Waals surface area contributed by atoms with Gasteiger partial charge < -0.3 is 9.67 Å². The van der Waals surface area contributed by atoms with E-state index in [0.717, 1.165) is 11.3 Å². The zero-order chi connectivity index (χ0) is 12.4. The van der Waals surface area contributed by atoms with Crippen LogP contribution in [0.3, 0.4) is 0 Å². The Hall–Kier alpha value is -1.95. The normalized spacial score (nSPS) is 10.4. The fraction of sp³-hybridized carbons (Fsp3) is 0.0909. The van der Waals surface area contributed by atoms with E-state index >= 15 is 0 Å². The number of thiophene rings is 1. The maximum absolute atomic E-state index is 13.6. The van der Waals surface area contributed by atoms with Crippen LogP contribution in [0.15, 0.2) is 34.6 Å². The van der Waals surface area contributed by atoms with Gasteiger partial charge in [-0.15, -0.1) is 11.3 Å². The Morgan fingerprint density at radius 2 is 2.24 bits per heavy atom. The van der Waals surface area contributed by atoms with Crippen LogP contribution < -0.4 is 5.56 Å². The van der Waals surface area contributed by atoms with Crippen LogP contribution in [0.4, 0.5) is 4.39 Å². The molecule has 6 heteroatoms. The number of nitrogens with zero attached hydrogens (tertiary/aromatic N) is 1. The van der Waals surface area contributed by atoms with Crippen LogP contribution in [0, 0.1) is 5.82 Å². The summed E-state index contributed by atoms with van der Waals surface area (Å²) in [6.07, 6.45) is 1.53. The van der Waals surface area contributed by atoms with Gasteiger partial charge in [0, 0.05) is 17.8 Å². The first-order valence-corrected chi connectivity index (χ1v) is 5.62. The van der Waals surface area contributed by atoms with E-state index in [1.165, 1.54) is 22.2 Å². The highest BCUT2D eigenvalue weighted by atomic mass is 32.1. The van der Waals surface area contributed by atoms with Crippen LogP contribution in [-0.4, -0.2) is 15.6 Å². The van der Waals surface area contributed by atoms with Crippen molar-refractivity contribution in [3.8, 4) is 0 Å². The second kappa shape index (κ2) is 4.50. The average molecular weight is 253 g/mol. The van der Waals surface area contributed by atoms with Gasteiger partial charge in [0.05, 0.1) is 6.54 Å². The Morgan fingerprint density at radius 1 is 1.47 bits per heavy atom. The minimum absolute atomic E-state index is 0.0370. The third kappa shape index (κ3) is 2.26. The van der Waals surface area contributed by atoms with Crippen LogP contribution in [-0.2, 0) is 6.54 Å². The van der Waals surface area contributed by atoms with Crippen LogP contribution >= 0.6 is 11.3 Å². The maximum Gasteiger partial charge on any atom is 0.348 e. The molecule has 88 valence electrons. The number of carboxylic acids is 1. The Kier molecular flexibility index (Phi) is 3.06. The average Bonchev–Trinajstić information content (AvgIpc) is 2.64. The van der Waals surface area contributed by atoms with Crippen LogP contribution in [0.25, 0.3) is 0 Å². The van der Waals surface area contributed by atoms with Crippen molar-refractivity contribution in [3.63, 3.8) is 0 Å². The van der Waals surface area contributed by atoms with Gasteiger partial charge in [0.1, 0.15) is 4.88 Å². The fourth-order valence-electron chi connectivity index (χ4n) is 1.41. The largest absolute Gasteiger partial charge is 0.477 e. The molecule has 0 bridgehead atoms. The van der Waals surface area contributed by atoms with E-state index in [1.807, 2.05) is 0 Å². The van der Waals surface area contributed by atoms with Crippen LogP contribution in [0.1, 0.15) is 15.2 Å².